The van der Waals surface area contributed by atoms with Crippen LogP contribution < -0.4 is 0 Å². The zero-order valence-corrected chi connectivity index (χ0v) is 13.1. The summed E-state index contributed by atoms with van der Waals surface area (Å²) in [5.41, 5.74) is 4.37. The van der Waals surface area contributed by atoms with Crippen molar-refractivity contribution in [3.05, 3.63) is 59.5 Å². The van der Waals surface area contributed by atoms with Gasteiger partial charge in [-0.15, -0.1) is 0 Å². The lowest BCUT2D eigenvalue weighted by Crippen LogP contribution is -2.49. The molecule has 0 aliphatic carbocycles. The van der Waals surface area contributed by atoms with E-state index in [-0.39, 0.29) is 0 Å². The molecule has 0 saturated carbocycles. The van der Waals surface area contributed by atoms with E-state index in [0.29, 0.717) is 6.04 Å². The summed E-state index contributed by atoms with van der Waals surface area (Å²) in [6.45, 7) is 5.76. The van der Waals surface area contributed by atoms with Crippen LogP contribution in [0, 0.1) is 0 Å². The van der Waals surface area contributed by atoms with Gasteiger partial charge < -0.3 is 4.42 Å². The summed E-state index contributed by atoms with van der Waals surface area (Å²) < 4.78 is 5.20. The van der Waals surface area contributed by atoms with E-state index in [0.717, 1.165) is 13.1 Å². The number of nitrogens with zero attached hydrogens (tertiary/aromatic N) is 2. The van der Waals surface area contributed by atoms with Crippen LogP contribution in [0.2, 0.25) is 0 Å². The number of hydrogen-bond acceptors (Lipinski definition) is 3. The summed E-state index contributed by atoms with van der Waals surface area (Å²) in [6.07, 6.45) is 7.50. The number of furan rings is 1. The topological polar surface area (TPSA) is 19.6 Å². The smallest absolute Gasteiger partial charge is 0.0947 e. The van der Waals surface area contributed by atoms with Gasteiger partial charge in [-0.1, -0.05) is 24.3 Å². The van der Waals surface area contributed by atoms with Crippen LogP contribution in [0.5, 0.6) is 0 Å². The van der Waals surface area contributed by atoms with Crippen molar-refractivity contribution in [3.63, 3.8) is 0 Å². The van der Waals surface area contributed by atoms with Gasteiger partial charge >= 0.3 is 0 Å². The summed E-state index contributed by atoms with van der Waals surface area (Å²) in [5.74, 6) is 0. The van der Waals surface area contributed by atoms with Crippen molar-refractivity contribution < 1.29 is 4.42 Å². The summed E-state index contributed by atoms with van der Waals surface area (Å²) in [7, 11) is 0. The molecule has 2 aromatic rings. The van der Waals surface area contributed by atoms with Gasteiger partial charge in [0.15, 0.2) is 0 Å². The zero-order valence-electron chi connectivity index (χ0n) is 13.1. The van der Waals surface area contributed by atoms with Crippen LogP contribution >= 0.6 is 0 Å². The Hall–Kier alpha value is -1.58. The molecule has 116 valence electrons. The zero-order chi connectivity index (χ0) is 14.8. The summed E-state index contributed by atoms with van der Waals surface area (Å²) in [4.78, 5) is 5.28. The Bertz CT molecular complexity index is 608. The molecule has 0 spiro atoms. The summed E-state index contributed by atoms with van der Waals surface area (Å²) >= 11 is 0. The van der Waals surface area contributed by atoms with Gasteiger partial charge in [0.1, 0.15) is 0 Å². The minimum Gasteiger partial charge on any atom is -0.472 e. The van der Waals surface area contributed by atoms with E-state index in [1.165, 1.54) is 50.0 Å². The highest BCUT2D eigenvalue weighted by atomic mass is 16.3. The highest BCUT2D eigenvalue weighted by molar-refractivity contribution is 5.29. The molecule has 0 N–H and O–H groups in total. The molecule has 1 fully saturated rings. The molecule has 1 unspecified atom stereocenters. The van der Waals surface area contributed by atoms with Gasteiger partial charge in [0.2, 0.25) is 0 Å². The molecule has 0 amide bonds. The fraction of sp³-hybridized carbons (Fsp3) is 0.474. The van der Waals surface area contributed by atoms with E-state index in [9.17, 15) is 0 Å². The molecular weight excluding hydrogens is 272 g/mol. The Morgan fingerprint density at radius 2 is 2.00 bits per heavy atom. The second-order valence-corrected chi connectivity index (χ2v) is 6.65. The Kier molecular flexibility index (Phi) is 4.00. The standard InChI is InChI=1S/C19H24N2O/c1-2-5-18-13-21(10-7-17(18)4-1)19-6-3-9-20(14-19)12-16-8-11-22-15-16/h1-2,4-5,8,11,15,19H,3,6-7,9-10,12-14H2. The van der Waals surface area contributed by atoms with E-state index < -0.39 is 0 Å². The Labute approximate surface area is 132 Å². The highest BCUT2D eigenvalue weighted by Gasteiger charge is 2.27. The third-order valence-corrected chi connectivity index (χ3v) is 5.14. The third-order valence-electron chi connectivity index (χ3n) is 5.14. The number of hydrogen-bond donors (Lipinski definition) is 0. The van der Waals surface area contributed by atoms with Gasteiger partial charge in [-0.2, -0.15) is 0 Å². The van der Waals surface area contributed by atoms with Crippen LogP contribution in [0.25, 0.3) is 0 Å². The molecule has 3 nitrogen and oxygen atoms in total. The lowest BCUT2D eigenvalue weighted by Gasteiger charge is -2.41. The first-order valence-corrected chi connectivity index (χ1v) is 8.43. The normalized spacial score (nSPS) is 23.4. The maximum atomic E-state index is 5.20. The molecule has 0 radical (unpaired) electrons. The number of likely N-dealkylation sites (tertiary alicyclic amines) is 1. The first-order valence-electron chi connectivity index (χ1n) is 8.43. The van der Waals surface area contributed by atoms with Crippen molar-refractivity contribution in [3.8, 4) is 0 Å². The molecule has 2 aliphatic rings. The van der Waals surface area contributed by atoms with Crippen LogP contribution in [0.3, 0.4) is 0 Å². The minimum absolute atomic E-state index is 0.703. The molecule has 3 heterocycles. The van der Waals surface area contributed by atoms with Crippen molar-refractivity contribution in [2.75, 3.05) is 19.6 Å². The van der Waals surface area contributed by atoms with E-state index >= 15 is 0 Å². The Morgan fingerprint density at radius 1 is 1.09 bits per heavy atom. The van der Waals surface area contributed by atoms with Crippen molar-refractivity contribution in [1.29, 1.82) is 0 Å². The van der Waals surface area contributed by atoms with Gasteiger partial charge in [-0.3, -0.25) is 9.80 Å². The van der Waals surface area contributed by atoms with Crippen LogP contribution in [0.15, 0.2) is 47.3 Å². The number of fused-ring (bicyclic) bond motifs is 1. The first-order chi connectivity index (χ1) is 10.9. The Morgan fingerprint density at radius 3 is 2.86 bits per heavy atom. The maximum Gasteiger partial charge on any atom is 0.0947 e. The van der Waals surface area contributed by atoms with Gasteiger partial charge in [-0.25, -0.2) is 0 Å². The van der Waals surface area contributed by atoms with Crippen LogP contribution in [0.1, 0.15) is 29.5 Å². The molecule has 1 aromatic heterocycles. The molecule has 22 heavy (non-hydrogen) atoms. The van der Waals surface area contributed by atoms with Crippen LogP contribution in [-0.4, -0.2) is 35.5 Å². The largest absolute Gasteiger partial charge is 0.472 e. The van der Waals surface area contributed by atoms with Crippen molar-refractivity contribution >= 4 is 0 Å². The predicted molar refractivity (Wildman–Crippen MR) is 87.6 cm³/mol. The second kappa shape index (κ2) is 6.27. The van der Waals surface area contributed by atoms with E-state index in [1.807, 2.05) is 6.26 Å². The fourth-order valence-electron chi connectivity index (χ4n) is 3.94. The van der Waals surface area contributed by atoms with Gasteiger partial charge in [0.25, 0.3) is 0 Å². The highest BCUT2D eigenvalue weighted by Crippen LogP contribution is 2.25. The summed E-state index contributed by atoms with van der Waals surface area (Å²) in [6, 6.07) is 11.7. The molecule has 3 heteroatoms. The third kappa shape index (κ3) is 2.96. The predicted octanol–water partition coefficient (Wildman–Crippen LogP) is 3.30. The minimum atomic E-state index is 0.703. The molecule has 2 aliphatic heterocycles. The lowest BCUT2D eigenvalue weighted by molar-refractivity contribution is 0.0837. The van der Waals surface area contributed by atoms with Crippen molar-refractivity contribution in [2.24, 2.45) is 0 Å². The van der Waals surface area contributed by atoms with E-state index in [1.54, 1.807) is 11.8 Å². The van der Waals surface area contributed by atoms with Gasteiger partial charge in [0, 0.05) is 37.8 Å². The molecule has 1 aromatic carbocycles. The van der Waals surface area contributed by atoms with Crippen LogP contribution in [0.4, 0.5) is 0 Å². The van der Waals surface area contributed by atoms with E-state index in [2.05, 4.69) is 40.1 Å². The van der Waals surface area contributed by atoms with Gasteiger partial charge in [0.05, 0.1) is 12.5 Å². The first kappa shape index (κ1) is 14.0. The molecule has 4 rings (SSSR count). The number of rotatable bonds is 3. The molecule has 1 saturated heterocycles. The average molecular weight is 296 g/mol. The molecule has 1 atom stereocenters. The average Bonchev–Trinajstić information content (AvgIpc) is 3.08. The van der Waals surface area contributed by atoms with Crippen molar-refractivity contribution in [1.82, 2.24) is 9.80 Å². The quantitative estimate of drug-likeness (QED) is 0.866. The van der Waals surface area contributed by atoms with Gasteiger partial charge in [-0.05, 0) is 43.0 Å². The summed E-state index contributed by atoms with van der Waals surface area (Å²) in [5, 5.41) is 0. The molecular formula is C19H24N2O. The second-order valence-electron chi connectivity index (χ2n) is 6.65. The Balaban J connectivity index is 1.40. The van der Waals surface area contributed by atoms with Crippen LogP contribution in [-0.2, 0) is 19.5 Å². The molecule has 0 bridgehead atoms. The monoisotopic (exact) mass is 296 g/mol. The van der Waals surface area contributed by atoms with E-state index in [4.69, 9.17) is 4.42 Å². The lowest BCUT2D eigenvalue weighted by atomic mass is 9.96. The fourth-order valence-corrected chi connectivity index (χ4v) is 3.94. The number of benzene rings is 1. The van der Waals surface area contributed by atoms with Crippen molar-refractivity contribution in [2.45, 2.75) is 38.4 Å². The maximum absolute atomic E-state index is 5.20. The number of piperidine rings is 1. The SMILES string of the molecule is c1ccc2c(c1)CCN(C1CCCN(Cc3ccoc3)C1)C2.